The first kappa shape index (κ1) is 23.3. The van der Waals surface area contributed by atoms with Crippen molar-refractivity contribution in [3.8, 4) is 22.9 Å². The number of carbonyl (C=O) groups is 1. The molecule has 152 valence electrons. The maximum Gasteiger partial charge on any atom is 0.306 e. The van der Waals surface area contributed by atoms with Gasteiger partial charge in [0.2, 0.25) is 7.59 Å². The minimum Gasteiger partial charge on any atom is -0.496 e. The molecule has 0 saturated carbocycles. The lowest BCUT2D eigenvalue weighted by Gasteiger charge is -2.17. The number of methoxy groups -OCH3 is 1. The maximum atomic E-state index is 10.6. The fraction of sp³-hybridized carbons (Fsp3) is 0.333. The standard InChI is InChI=1S/C15H11Cl6N3O4/c1-27-9-6-7(28-5-4-10(25)26)2-3-8(9)11-22-12(14(16,17)18)24-13(23-11)15(19,20)21/h2-3,6H,4-5H2,1H3,(H,25,26). The van der Waals surface area contributed by atoms with E-state index >= 15 is 0 Å². The number of halogens is 6. The largest absolute Gasteiger partial charge is 0.496 e. The summed E-state index contributed by atoms with van der Waals surface area (Å²) in [7, 11) is 1.41. The van der Waals surface area contributed by atoms with Crippen LogP contribution in [0.15, 0.2) is 18.2 Å². The van der Waals surface area contributed by atoms with E-state index in [1.807, 2.05) is 0 Å². The van der Waals surface area contributed by atoms with Gasteiger partial charge in [-0.05, 0) is 12.1 Å². The Morgan fingerprint density at radius 1 is 1.04 bits per heavy atom. The van der Waals surface area contributed by atoms with E-state index in [0.717, 1.165) is 0 Å². The van der Waals surface area contributed by atoms with Crippen molar-refractivity contribution in [3.63, 3.8) is 0 Å². The molecule has 0 amide bonds. The Morgan fingerprint density at radius 3 is 2.07 bits per heavy atom. The number of hydrogen-bond donors (Lipinski definition) is 1. The van der Waals surface area contributed by atoms with Gasteiger partial charge in [0, 0.05) is 6.07 Å². The summed E-state index contributed by atoms with van der Waals surface area (Å²) in [6.07, 6.45) is -0.156. The second-order valence-corrected chi connectivity index (χ2v) is 9.72. The number of hydrogen-bond acceptors (Lipinski definition) is 6. The molecule has 1 aromatic heterocycles. The van der Waals surface area contributed by atoms with Crippen LogP contribution in [0.5, 0.6) is 11.5 Å². The molecule has 0 saturated heterocycles. The number of aliphatic carboxylic acids is 1. The van der Waals surface area contributed by atoms with Crippen LogP contribution in [0.2, 0.25) is 0 Å². The molecule has 0 atom stereocenters. The Bertz CT molecular complexity index is 838. The van der Waals surface area contributed by atoms with Gasteiger partial charge in [-0.2, -0.15) is 0 Å². The molecule has 0 bridgehead atoms. The number of rotatable bonds is 6. The summed E-state index contributed by atoms with van der Waals surface area (Å²) in [6, 6.07) is 4.65. The van der Waals surface area contributed by atoms with Crippen LogP contribution >= 0.6 is 69.6 Å². The molecule has 0 spiro atoms. The Morgan fingerprint density at radius 2 is 1.61 bits per heavy atom. The Kier molecular flexibility index (Phi) is 7.69. The van der Waals surface area contributed by atoms with E-state index in [-0.39, 0.29) is 30.5 Å². The summed E-state index contributed by atoms with van der Waals surface area (Å²) in [4.78, 5) is 22.7. The highest BCUT2D eigenvalue weighted by Gasteiger charge is 2.34. The lowest BCUT2D eigenvalue weighted by Crippen LogP contribution is -2.17. The van der Waals surface area contributed by atoms with Crippen LogP contribution in [0.25, 0.3) is 11.4 Å². The van der Waals surface area contributed by atoms with Gasteiger partial charge in [0.25, 0.3) is 0 Å². The molecule has 2 aromatic rings. The number of alkyl halides is 6. The van der Waals surface area contributed by atoms with Gasteiger partial charge >= 0.3 is 5.97 Å². The molecule has 0 aliphatic rings. The van der Waals surface area contributed by atoms with Gasteiger partial charge in [0.1, 0.15) is 11.5 Å². The van der Waals surface area contributed by atoms with Gasteiger partial charge in [-0.1, -0.05) is 69.6 Å². The fourth-order valence-corrected chi connectivity index (χ4v) is 2.46. The van der Waals surface area contributed by atoms with Gasteiger partial charge < -0.3 is 14.6 Å². The molecule has 1 N–H and O–H groups in total. The zero-order valence-corrected chi connectivity index (χ0v) is 18.5. The third-order valence-corrected chi connectivity index (χ3v) is 4.16. The second kappa shape index (κ2) is 9.24. The molecule has 0 radical (unpaired) electrons. The van der Waals surface area contributed by atoms with E-state index in [0.29, 0.717) is 17.1 Å². The zero-order valence-electron chi connectivity index (χ0n) is 13.9. The molecule has 1 heterocycles. The predicted molar refractivity (Wildman–Crippen MR) is 108 cm³/mol. The van der Waals surface area contributed by atoms with Crippen molar-refractivity contribution in [2.24, 2.45) is 0 Å². The molecule has 2 rings (SSSR count). The maximum absolute atomic E-state index is 10.6. The lowest BCUT2D eigenvalue weighted by atomic mass is 10.1. The smallest absolute Gasteiger partial charge is 0.306 e. The van der Waals surface area contributed by atoms with Gasteiger partial charge in [0.15, 0.2) is 17.5 Å². The summed E-state index contributed by atoms with van der Waals surface area (Å²) in [5.41, 5.74) is 0.376. The molecule has 0 aliphatic carbocycles. The zero-order chi connectivity index (χ0) is 21.1. The van der Waals surface area contributed by atoms with E-state index in [1.54, 1.807) is 12.1 Å². The first-order valence-electron chi connectivity index (χ1n) is 7.35. The second-order valence-electron chi connectivity index (χ2n) is 5.16. The van der Waals surface area contributed by atoms with Gasteiger partial charge in [0.05, 0.1) is 25.7 Å². The highest BCUT2D eigenvalue weighted by Crippen LogP contribution is 2.41. The summed E-state index contributed by atoms with van der Waals surface area (Å²) in [6.45, 7) is -0.0155. The topological polar surface area (TPSA) is 94.4 Å². The number of benzene rings is 1. The van der Waals surface area contributed by atoms with Crippen molar-refractivity contribution in [2.75, 3.05) is 13.7 Å². The van der Waals surface area contributed by atoms with Gasteiger partial charge in [-0.25, -0.2) is 15.0 Å². The van der Waals surface area contributed by atoms with Crippen LogP contribution in [0.1, 0.15) is 18.1 Å². The van der Waals surface area contributed by atoms with E-state index in [4.69, 9.17) is 84.2 Å². The first-order chi connectivity index (χ1) is 12.9. The normalized spacial score (nSPS) is 12.0. The molecule has 0 unspecified atom stereocenters. The molecule has 0 aliphatic heterocycles. The minimum atomic E-state index is -1.99. The van der Waals surface area contributed by atoms with Crippen LogP contribution < -0.4 is 9.47 Å². The Labute approximate surface area is 189 Å². The Hall–Kier alpha value is -0.960. The van der Waals surface area contributed by atoms with Crippen LogP contribution in [0, 0.1) is 0 Å². The number of ether oxygens (including phenoxy) is 2. The quantitative estimate of drug-likeness (QED) is 0.544. The third-order valence-electron chi connectivity index (χ3n) is 3.14. The van der Waals surface area contributed by atoms with Crippen molar-refractivity contribution in [3.05, 3.63) is 29.8 Å². The number of nitrogens with zero attached hydrogens (tertiary/aromatic N) is 3. The molecule has 0 fully saturated rings. The van der Waals surface area contributed by atoms with Crippen molar-refractivity contribution >= 4 is 75.6 Å². The predicted octanol–water partition coefficient (Wildman–Crippen LogP) is 5.05. The minimum absolute atomic E-state index is 0.0155. The van der Waals surface area contributed by atoms with Crippen molar-refractivity contribution in [1.29, 1.82) is 0 Å². The third kappa shape index (κ3) is 6.27. The summed E-state index contributed by atoms with van der Waals surface area (Å²) >= 11 is 35.2. The van der Waals surface area contributed by atoms with Gasteiger partial charge in [-0.3, -0.25) is 4.79 Å². The number of carboxylic acids is 1. The fourth-order valence-electron chi connectivity index (χ4n) is 1.95. The van der Waals surface area contributed by atoms with Crippen LogP contribution in [-0.4, -0.2) is 39.7 Å². The summed E-state index contributed by atoms with van der Waals surface area (Å²) in [5, 5.41) is 8.68. The van der Waals surface area contributed by atoms with E-state index in [9.17, 15) is 4.79 Å². The van der Waals surface area contributed by atoms with E-state index in [2.05, 4.69) is 15.0 Å². The molecular formula is C15H11Cl6N3O4. The SMILES string of the molecule is COc1cc(OCCC(=O)O)ccc1-c1nc(C(Cl)(Cl)Cl)nc(C(Cl)(Cl)Cl)n1. The average Bonchev–Trinajstić information content (AvgIpc) is 2.59. The van der Waals surface area contributed by atoms with Crippen molar-refractivity contribution < 1.29 is 19.4 Å². The van der Waals surface area contributed by atoms with Crippen LogP contribution in [0.4, 0.5) is 0 Å². The van der Waals surface area contributed by atoms with Crippen molar-refractivity contribution in [1.82, 2.24) is 15.0 Å². The van der Waals surface area contributed by atoms with Crippen LogP contribution in [0.3, 0.4) is 0 Å². The number of aromatic nitrogens is 3. The molecule has 1 aromatic carbocycles. The highest BCUT2D eigenvalue weighted by molar-refractivity contribution is 6.67. The first-order valence-corrected chi connectivity index (χ1v) is 9.62. The number of carboxylic acid groups (broad SMARTS) is 1. The summed E-state index contributed by atoms with van der Waals surface area (Å²) < 4.78 is 6.71. The lowest BCUT2D eigenvalue weighted by molar-refractivity contribution is -0.137. The highest BCUT2D eigenvalue weighted by atomic mass is 35.6. The molecule has 13 heteroatoms. The Balaban J connectivity index is 2.49. The summed E-state index contributed by atoms with van der Waals surface area (Å²) in [5.74, 6) is -0.761. The van der Waals surface area contributed by atoms with E-state index in [1.165, 1.54) is 13.2 Å². The molecule has 7 nitrogen and oxygen atoms in total. The molecule has 28 heavy (non-hydrogen) atoms. The molecular weight excluding hydrogens is 499 g/mol. The average molecular weight is 510 g/mol. The monoisotopic (exact) mass is 507 g/mol. The van der Waals surface area contributed by atoms with Crippen LogP contribution in [-0.2, 0) is 12.4 Å². The van der Waals surface area contributed by atoms with Crippen molar-refractivity contribution in [2.45, 2.75) is 14.0 Å². The van der Waals surface area contributed by atoms with E-state index < -0.39 is 13.6 Å². The van der Waals surface area contributed by atoms with Gasteiger partial charge in [-0.15, -0.1) is 0 Å².